The number of piperidine rings is 1. The van der Waals surface area contributed by atoms with Gasteiger partial charge in [-0.2, -0.15) is 5.10 Å². The highest BCUT2D eigenvalue weighted by molar-refractivity contribution is 6.07. The Bertz CT molecular complexity index is 1670. The van der Waals surface area contributed by atoms with Gasteiger partial charge < -0.3 is 4.90 Å². The molecule has 1 saturated carbocycles. The number of benzene rings is 1. The summed E-state index contributed by atoms with van der Waals surface area (Å²) in [5.74, 6) is 0.787. The standard InChI is InChI=1S/C36H45N5O4/c1-6-28(43)27-17-36-14-12-30(44)35(4,5)13-10-8-9-11-23-15-24(25-19-37-31(7-2)38-20-25)16-26-33(22(3)42)39-40(34(23)26)21-32(45)41(27)29(36)18-36/h15-16,19-20,27,29H,6-14,17-18,21H2,1-5H3/t27-,29+,36-/m0/s1. The topological polar surface area (TPSA) is 115 Å². The number of hydrogen-bond acceptors (Lipinski definition) is 7. The summed E-state index contributed by atoms with van der Waals surface area (Å²) in [4.78, 5) is 64.5. The van der Waals surface area contributed by atoms with Crippen molar-refractivity contribution in [1.82, 2.24) is 24.6 Å². The van der Waals surface area contributed by atoms with Crippen LogP contribution in [-0.4, -0.2) is 60.0 Å². The zero-order valence-electron chi connectivity index (χ0n) is 27.3. The van der Waals surface area contributed by atoms with E-state index in [1.165, 1.54) is 6.92 Å². The van der Waals surface area contributed by atoms with Gasteiger partial charge in [0.05, 0.1) is 11.6 Å². The average molecular weight is 612 g/mol. The molecule has 0 unspecified atom stereocenters. The van der Waals surface area contributed by atoms with Gasteiger partial charge in [-0.25, -0.2) is 9.97 Å². The summed E-state index contributed by atoms with van der Waals surface area (Å²) in [6, 6.07) is 3.57. The van der Waals surface area contributed by atoms with E-state index in [0.29, 0.717) is 31.4 Å². The number of hydrogen-bond donors (Lipinski definition) is 0. The van der Waals surface area contributed by atoms with Crippen LogP contribution in [0.4, 0.5) is 0 Å². The van der Waals surface area contributed by atoms with Crippen LogP contribution in [0.25, 0.3) is 22.0 Å². The van der Waals surface area contributed by atoms with Crippen LogP contribution >= 0.6 is 0 Å². The van der Waals surface area contributed by atoms with Crippen molar-refractivity contribution in [3.05, 3.63) is 41.6 Å². The van der Waals surface area contributed by atoms with Gasteiger partial charge in [-0.15, -0.1) is 0 Å². The van der Waals surface area contributed by atoms with E-state index in [0.717, 1.165) is 78.4 Å². The normalized spacial score (nSPS) is 25.2. The molecule has 9 heteroatoms. The van der Waals surface area contributed by atoms with Crippen molar-refractivity contribution in [2.45, 2.75) is 124 Å². The monoisotopic (exact) mass is 611 g/mol. The molecule has 6 rings (SSSR count). The van der Waals surface area contributed by atoms with Crippen molar-refractivity contribution in [1.29, 1.82) is 0 Å². The van der Waals surface area contributed by atoms with Gasteiger partial charge in [0.25, 0.3) is 0 Å². The highest BCUT2D eigenvalue weighted by Crippen LogP contribution is 2.62. The fourth-order valence-corrected chi connectivity index (χ4v) is 7.79. The van der Waals surface area contributed by atoms with Crippen molar-refractivity contribution in [2.24, 2.45) is 10.8 Å². The van der Waals surface area contributed by atoms with Crippen molar-refractivity contribution < 1.29 is 19.2 Å². The molecule has 2 aliphatic heterocycles. The second kappa shape index (κ2) is 11.9. The molecule has 1 amide bonds. The van der Waals surface area contributed by atoms with Crippen LogP contribution in [0.3, 0.4) is 0 Å². The SMILES string of the molecule is CCC(=O)[C@@H]1C[C@]23CCC(=O)C(C)(C)CCCCCc4cc(-c5cnc(CC)nc5)cc5c(C(C)=O)nn(c45)CC(=O)N1[C@@H]2C3. The molecule has 1 saturated heterocycles. The predicted octanol–water partition coefficient (Wildman–Crippen LogP) is 6.09. The van der Waals surface area contributed by atoms with Crippen LogP contribution in [0, 0.1) is 10.8 Å². The average Bonchev–Trinajstić information content (AvgIpc) is 3.43. The second-order valence-electron chi connectivity index (χ2n) is 14.1. The maximum Gasteiger partial charge on any atom is 0.245 e. The fraction of sp³-hybridized carbons (Fsp3) is 0.583. The molecule has 3 aromatic rings. The minimum atomic E-state index is -0.477. The van der Waals surface area contributed by atoms with Crippen LogP contribution in [0.2, 0.25) is 0 Å². The molecule has 0 spiro atoms. The largest absolute Gasteiger partial charge is 0.327 e. The summed E-state index contributed by atoms with van der Waals surface area (Å²) >= 11 is 0. The lowest BCUT2D eigenvalue weighted by Crippen LogP contribution is -2.44. The Hall–Kier alpha value is -3.75. The Labute approximate surface area is 265 Å². The summed E-state index contributed by atoms with van der Waals surface area (Å²) in [6.45, 7) is 9.44. The minimum Gasteiger partial charge on any atom is -0.327 e. The Morgan fingerprint density at radius 1 is 0.956 bits per heavy atom. The smallest absolute Gasteiger partial charge is 0.245 e. The third kappa shape index (κ3) is 5.74. The third-order valence-electron chi connectivity index (χ3n) is 10.7. The van der Waals surface area contributed by atoms with Gasteiger partial charge in [0.1, 0.15) is 23.8 Å². The van der Waals surface area contributed by atoms with Crippen molar-refractivity contribution in [3.8, 4) is 11.1 Å². The zero-order chi connectivity index (χ0) is 32.1. The van der Waals surface area contributed by atoms with Gasteiger partial charge in [0.2, 0.25) is 5.91 Å². The first kappa shape index (κ1) is 31.2. The first-order valence-electron chi connectivity index (χ1n) is 16.7. The number of rotatable bonds is 5. The number of carbonyl (C=O) groups excluding carboxylic acids is 4. The number of carbonyl (C=O) groups is 4. The molecule has 238 valence electrons. The van der Waals surface area contributed by atoms with E-state index in [1.807, 2.05) is 32.3 Å². The van der Waals surface area contributed by atoms with Crippen LogP contribution in [-0.2, 0) is 33.8 Å². The van der Waals surface area contributed by atoms with Gasteiger partial charge in [-0.05, 0) is 67.2 Å². The predicted molar refractivity (Wildman–Crippen MR) is 172 cm³/mol. The summed E-state index contributed by atoms with van der Waals surface area (Å²) in [7, 11) is 0. The van der Waals surface area contributed by atoms with Gasteiger partial charge in [-0.3, -0.25) is 23.9 Å². The van der Waals surface area contributed by atoms with Gasteiger partial charge in [-0.1, -0.05) is 40.5 Å². The van der Waals surface area contributed by atoms with E-state index >= 15 is 0 Å². The lowest BCUT2D eigenvalue weighted by Gasteiger charge is -2.26. The fourth-order valence-electron chi connectivity index (χ4n) is 7.79. The van der Waals surface area contributed by atoms with Gasteiger partial charge in [0.15, 0.2) is 11.6 Å². The molecule has 1 aliphatic carbocycles. The molecule has 45 heavy (non-hydrogen) atoms. The zero-order valence-corrected chi connectivity index (χ0v) is 27.3. The second-order valence-corrected chi connectivity index (χ2v) is 14.1. The van der Waals surface area contributed by atoms with Crippen LogP contribution < -0.4 is 0 Å². The maximum absolute atomic E-state index is 14.2. The summed E-state index contributed by atoms with van der Waals surface area (Å²) in [5, 5.41) is 5.47. The van der Waals surface area contributed by atoms with Gasteiger partial charge >= 0.3 is 0 Å². The molecular weight excluding hydrogens is 566 g/mol. The molecule has 3 atom stereocenters. The van der Waals surface area contributed by atoms with Crippen LogP contribution in [0.1, 0.15) is 114 Å². The summed E-state index contributed by atoms with van der Waals surface area (Å²) in [6.07, 6.45) is 11.7. The molecule has 3 aliphatic rings. The van der Waals surface area contributed by atoms with E-state index in [9.17, 15) is 19.2 Å². The summed E-state index contributed by atoms with van der Waals surface area (Å²) in [5.41, 5.74) is 3.33. The number of aromatic nitrogens is 4. The quantitative estimate of drug-likeness (QED) is 0.321. The third-order valence-corrected chi connectivity index (χ3v) is 10.7. The Balaban J connectivity index is 1.45. The molecular formula is C36H45N5O4. The van der Waals surface area contributed by atoms with Crippen molar-refractivity contribution in [3.63, 3.8) is 0 Å². The Kier molecular flexibility index (Phi) is 8.25. The highest BCUT2D eigenvalue weighted by Gasteiger charge is 2.66. The number of Topliss-reactive ketones (excluding diaryl/α,β-unsaturated/α-hetero) is 3. The van der Waals surface area contributed by atoms with E-state index in [4.69, 9.17) is 5.10 Å². The molecule has 4 heterocycles. The lowest BCUT2D eigenvalue weighted by molar-refractivity contribution is -0.139. The van der Waals surface area contributed by atoms with E-state index in [1.54, 1.807) is 9.58 Å². The molecule has 0 N–H and O–H groups in total. The number of aryl methyl sites for hydroxylation is 2. The molecule has 2 aromatic heterocycles. The highest BCUT2D eigenvalue weighted by atomic mass is 16.2. The summed E-state index contributed by atoms with van der Waals surface area (Å²) < 4.78 is 1.70. The van der Waals surface area contributed by atoms with Crippen LogP contribution in [0.15, 0.2) is 24.5 Å². The minimum absolute atomic E-state index is 0.0386. The Morgan fingerprint density at radius 3 is 2.40 bits per heavy atom. The molecule has 0 radical (unpaired) electrons. The van der Waals surface area contributed by atoms with Crippen molar-refractivity contribution >= 4 is 34.2 Å². The molecule has 2 bridgehead atoms. The van der Waals surface area contributed by atoms with Crippen molar-refractivity contribution in [2.75, 3.05) is 0 Å². The van der Waals surface area contributed by atoms with Gasteiger partial charge in [0, 0.05) is 61.0 Å². The van der Waals surface area contributed by atoms with E-state index in [-0.39, 0.29) is 41.3 Å². The van der Waals surface area contributed by atoms with Crippen LogP contribution in [0.5, 0.6) is 0 Å². The first-order chi connectivity index (χ1) is 21.5. The number of ketones is 3. The lowest BCUT2D eigenvalue weighted by atomic mass is 9.79. The first-order valence-corrected chi connectivity index (χ1v) is 16.7. The van der Waals surface area contributed by atoms with E-state index < -0.39 is 11.5 Å². The molecule has 1 aromatic carbocycles. The number of nitrogens with zero attached hydrogens (tertiary/aromatic N) is 5. The van der Waals surface area contributed by atoms with E-state index in [2.05, 4.69) is 29.9 Å². The maximum atomic E-state index is 14.2. The molecule has 2 fully saturated rings. The molecule has 9 nitrogen and oxygen atoms in total. The Morgan fingerprint density at radius 2 is 1.71 bits per heavy atom. The number of amides is 1.